The molecule has 0 saturated carbocycles. The first kappa shape index (κ1) is 16.8. The zero-order chi connectivity index (χ0) is 15.1. The van der Waals surface area contributed by atoms with E-state index in [1.54, 1.807) is 24.3 Å². The molecule has 0 fully saturated rings. The Kier molecular flexibility index (Phi) is 6.82. The third-order valence-corrected chi connectivity index (χ3v) is 3.34. The van der Waals surface area contributed by atoms with Crippen LogP contribution in [-0.2, 0) is 0 Å². The van der Waals surface area contributed by atoms with Crippen molar-refractivity contribution in [1.82, 2.24) is 10.2 Å². The van der Waals surface area contributed by atoms with E-state index in [1.165, 1.54) is 0 Å². The SMILES string of the molecule is CC(C)N(CCNC(=O)Nc1ccc(Cl)cc1)C(C)C. The third kappa shape index (κ3) is 5.80. The summed E-state index contributed by atoms with van der Waals surface area (Å²) >= 11 is 5.79. The summed E-state index contributed by atoms with van der Waals surface area (Å²) in [4.78, 5) is 14.1. The normalized spacial score (nSPS) is 11.2. The Bertz CT molecular complexity index is 410. The van der Waals surface area contributed by atoms with Crippen molar-refractivity contribution in [2.75, 3.05) is 18.4 Å². The van der Waals surface area contributed by atoms with E-state index >= 15 is 0 Å². The van der Waals surface area contributed by atoms with Crippen molar-refractivity contribution in [3.8, 4) is 0 Å². The van der Waals surface area contributed by atoms with E-state index in [1.807, 2.05) is 0 Å². The summed E-state index contributed by atoms with van der Waals surface area (Å²) in [5, 5.41) is 6.29. The second kappa shape index (κ2) is 8.12. The van der Waals surface area contributed by atoms with Gasteiger partial charge in [0, 0.05) is 35.9 Å². The van der Waals surface area contributed by atoms with Gasteiger partial charge < -0.3 is 10.6 Å². The molecule has 4 nitrogen and oxygen atoms in total. The molecule has 0 atom stereocenters. The summed E-state index contributed by atoms with van der Waals surface area (Å²) in [5.74, 6) is 0. The van der Waals surface area contributed by atoms with Crippen molar-refractivity contribution in [3.63, 3.8) is 0 Å². The number of amides is 2. The van der Waals surface area contributed by atoms with Gasteiger partial charge >= 0.3 is 6.03 Å². The van der Waals surface area contributed by atoms with Crippen molar-refractivity contribution in [3.05, 3.63) is 29.3 Å². The quantitative estimate of drug-likeness (QED) is 0.843. The van der Waals surface area contributed by atoms with Crippen LogP contribution in [-0.4, -0.2) is 36.1 Å². The van der Waals surface area contributed by atoms with E-state index < -0.39 is 0 Å². The number of halogens is 1. The first-order valence-corrected chi connectivity index (χ1v) is 7.34. The summed E-state index contributed by atoms with van der Waals surface area (Å²) in [5.41, 5.74) is 0.733. The molecule has 0 heterocycles. The van der Waals surface area contributed by atoms with Crippen LogP contribution in [0.25, 0.3) is 0 Å². The number of hydrogen-bond acceptors (Lipinski definition) is 2. The predicted octanol–water partition coefficient (Wildman–Crippen LogP) is 3.58. The Morgan fingerprint density at radius 3 is 2.20 bits per heavy atom. The van der Waals surface area contributed by atoms with Crippen LogP contribution in [0.15, 0.2) is 24.3 Å². The largest absolute Gasteiger partial charge is 0.337 e. The topological polar surface area (TPSA) is 44.4 Å². The highest BCUT2D eigenvalue weighted by Crippen LogP contribution is 2.13. The molecule has 0 aromatic heterocycles. The van der Waals surface area contributed by atoms with Crippen LogP contribution < -0.4 is 10.6 Å². The van der Waals surface area contributed by atoms with Gasteiger partial charge in [0.2, 0.25) is 0 Å². The van der Waals surface area contributed by atoms with E-state index in [2.05, 4.69) is 43.2 Å². The van der Waals surface area contributed by atoms with E-state index in [0.717, 1.165) is 12.2 Å². The van der Waals surface area contributed by atoms with Crippen LogP contribution in [0, 0.1) is 0 Å². The molecule has 0 radical (unpaired) electrons. The monoisotopic (exact) mass is 297 g/mol. The molecule has 5 heteroatoms. The van der Waals surface area contributed by atoms with Crippen molar-refractivity contribution in [2.24, 2.45) is 0 Å². The third-order valence-electron chi connectivity index (χ3n) is 3.08. The van der Waals surface area contributed by atoms with Gasteiger partial charge in [0.1, 0.15) is 0 Å². The lowest BCUT2D eigenvalue weighted by Crippen LogP contribution is -2.43. The minimum absolute atomic E-state index is 0.195. The molecule has 0 spiro atoms. The van der Waals surface area contributed by atoms with Crippen LogP contribution in [0.4, 0.5) is 10.5 Å². The van der Waals surface area contributed by atoms with Crippen LogP contribution in [0.1, 0.15) is 27.7 Å². The Hall–Kier alpha value is -1.26. The number of nitrogens with one attached hydrogen (secondary N) is 2. The molecule has 2 N–H and O–H groups in total. The van der Waals surface area contributed by atoms with Gasteiger partial charge in [-0.3, -0.25) is 4.90 Å². The predicted molar refractivity (Wildman–Crippen MR) is 85.5 cm³/mol. The summed E-state index contributed by atoms with van der Waals surface area (Å²) in [6.07, 6.45) is 0. The number of anilines is 1. The van der Waals surface area contributed by atoms with Gasteiger partial charge in [-0.1, -0.05) is 11.6 Å². The Morgan fingerprint density at radius 2 is 1.70 bits per heavy atom. The fourth-order valence-electron chi connectivity index (χ4n) is 2.12. The molecule has 0 aliphatic carbocycles. The number of urea groups is 1. The van der Waals surface area contributed by atoms with Crippen molar-refractivity contribution in [2.45, 2.75) is 39.8 Å². The van der Waals surface area contributed by atoms with E-state index in [4.69, 9.17) is 11.6 Å². The maximum absolute atomic E-state index is 11.7. The lowest BCUT2D eigenvalue weighted by atomic mass is 10.2. The van der Waals surface area contributed by atoms with E-state index in [9.17, 15) is 4.79 Å². The highest BCUT2D eigenvalue weighted by molar-refractivity contribution is 6.30. The molecule has 0 saturated heterocycles. The molecular formula is C15H24ClN3O. The van der Waals surface area contributed by atoms with Crippen molar-refractivity contribution >= 4 is 23.3 Å². The molecule has 0 bridgehead atoms. The highest BCUT2D eigenvalue weighted by Gasteiger charge is 2.12. The van der Waals surface area contributed by atoms with Gasteiger partial charge in [0.25, 0.3) is 0 Å². The van der Waals surface area contributed by atoms with E-state index in [-0.39, 0.29) is 6.03 Å². The number of carbonyl (C=O) groups excluding carboxylic acids is 1. The van der Waals surface area contributed by atoms with Gasteiger partial charge in [-0.25, -0.2) is 4.79 Å². The maximum Gasteiger partial charge on any atom is 0.319 e. The lowest BCUT2D eigenvalue weighted by Gasteiger charge is -2.30. The molecular weight excluding hydrogens is 274 g/mol. The molecule has 2 amide bonds. The smallest absolute Gasteiger partial charge is 0.319 e. The average molecular weight is 298 g/mol. The molecule has 20 heavy (non-hydrogen) atoms. The summed E-state index contributed by atoms with van der Waals surface area (Å²) in [7, 11) is 0. The Balaban J connectivity index is 2.34. The molecule has 112 valence electrons. The second-order valence-electron chi connectivity index (χ2n) is 5.31. The van der Waals surface area contributed by atoms with Crippen LogP contribution in [0.2, 0.25) is 5.02 Å². The molecule has 1 aromatic carbocycles. The molecule has 0 aliphatic heterocycles. The van der Waals surface area contributed by atoms with Gasteiger partial charge in [-0.2, -0.15) is 0 Å². The first-order valence-electron chi connectivity index (χ1n) is 6.96. The summed E-state index contributed by atoms with van der Waals surface area (Å²) in [6, 6.07) is 7.78. The van der Waals surface area contributed by atoms with Gasteiger partial charge in [-0.05, 0) is 52.0 Å². The van der Waals surface area contributed by atoms with Gasteiger partial charge in [0.05, 0.1) is 0 Å². The van der Waals surface area contributed by atoms with Crippen LogP contribution in [0.5, 0.6) is 0 Å². The van der Waals surface area contributed by atoms with E-state index in [0.29, 0.717) is 23.7 Å². The van der Waals surface area contributed by atoms with Gasteiger partial charge in [0.15, 0.2) is 0 Å². The fraction of sp³-hybridized carbons (Fsp3) is 0.533. The average Bonchev–Trinajstić information content (AvgIpc) is 2.36. The Labute approximate surface area is 126 Å². The molecule has 0 unspecified atom stereocenters. The van der Waals surface area contributed by atoms with Gasteiger partial charge in [-0.15, -0.1) is 0 Å². The highest BCUT2D eigenvalue weighted by atomic mass is 35.5. The number of benzene rings is 1. The zero-order valence-corrected chi connectivity index (χ0v) is 13.4. The molecule has 1 aromatic rings. The molecule has 1 rings (SSSR count). The van der Waals surface area contributed by atoms with Crippen LogP contribution >= 0.6 is 11.6 Å². The molecule has 0 aliphatic rings. The fourth-order valence-corrected chi connectivity index (χ4v) is 2.25. The summed E-state index contributed by atoms with van der Waals surface area (Å²) in [6.45, 7) is 10.1. The minimum Gasteiger partial charge on any atom is -0.337 e. The standard InChI is InChI=1S/C15H24ClN3O/c1-11(2)19(12(3)4)10-9-17-15(20)18-14-7-5-13(16)6-8-14/h5-8,11-12H,9-10H2,1-4H3,(H2,17,18,20). The first-order chi connectivity index (χ1) is 9.40. The number of rotatable bonds is 6. The number of carbonyl (C=O) groups is 1. The summed E-state index contributed by atoms with van der Waals surface area (Å²) < 4.78 is 0. The Morgan fingerprint density at radius 1 is 1.15 bits per heavy atom. The maximum atomic E-state index is 11.7. The number of nitrogens with zero attached hydrogens (tertiary/aromatic N) is 1. The van der Waals surface area contributed by atoms with Crippen molar-refractivity contribution < 1.29 is 4.79 Å². The minimum atomic E-state index is -0.195. The van der Waals surface area contributed by atoms with Crippen molar-refractivity contribution in [1.29, 1.82) is 0 Å². The van der Waals surface area contributed by atoms with Crippen LogP contribution in [0.3, 0.4) is 0 Å². The lowest BCUT2D eigenvalue weighted by molar-refractivity contribution is 0.176. The second-order valence-corrected chi connectivity index (χ2v) is 5.75. The number of hydrogen-bond donors (Lipinski definition) is 2. The zero-order valence-electron chi connectivity index (χ0n) is 12.6.